The van der Waals surface area contributed by atoms with Gasteiger partial charge in [-0.3, -0.25) is 14.5 Å². The van der Waals surface area contributed by atoms with Crippen LogP contribution in [0.1, 0.15) is 70.6 Å². The van der Waals surface area contributed by atoms with Gasteiger partial charge in [-0.15, -0.1) is 0 Å². The normalized spacial score (nSPS) is 18.0. The Hall–Kier alpha value is -3.62. The van der Waals surface area contributed by atoms with Gasteiger partial charge in [0.15, 0.2) is 0 Å². The Balaban J connectivity index is 1.52. The maximum absolute atomic E-state index is 12.8. The molecule has 0 saturated heterocycles. The quantitative estimate of drug-likeness (QED) is 0.686. The highest BCUT2D eigenvalue weighted by Crippen LogP contribution is 2.30. The summed E-state index contributed by atoms with van der Waals surface area (Å²) in [6, 6.07) is 9.24. The van der Waals surface area contributed by atoms with Crippen LogP contribution < -0.4 is 0 Å². The number of nitrogens with zero attached hydrogens (tertiary/aromatic N) is 3. The van der Waals surface area contributed by atoms with Crippen LogP contribution in [0.5, 0.6) is 0 Å². The minimum atomic E-state index is -0.821. The second-order valence-electron chi connectivity index (χ2n) is 8.47. The molecule has 31 heavy (non-hydrogen) atoms. The molecule has 0 fully saturated rings. The number of hydrogen-bond donors (Lipinski definition) is 0. The van der Waals surface area contributed by atoms with Crippen molar-refractivity contribution in [2.75, 3.05) is 6.54 Å². The molecule has 1 aromatic heterocycles. The zero-order valence-electron chi connectivity index (χ0n) is 17.7. The van der Waals surface area contributed by atoms with E-state index in [4.69, 9.17) is 9.57 Å². The van der Waals surface area contributed by atoms with Gasteiger partial charge in [-0.25, -0.2) is 9.59 Å². The van der Waals surface area contributed by atoms with Gasteiger partial charge in [0.1, 0.15) is 11.3 Å². The maximum Gasteiger partial charge on any atom is 0.410 e. The summed E-state index contributed by atoms with van der Waals surface area (Å²) < 4.78 is 7.19. The number of hydrogen-bond acceptors (Lipinski definition) is 6. The van der Waals surface area contributed by atoms with Gasteiger partial charge in [-0.05, 0) is 52.0 Å². The Bertz CT molecular complexity index is 1060. The predicted octanol–water partition coefficient (Wildman–Crippen LogP) is 3.17. The van der Waals surface area contributed by atoms with Gasteiger partial charge in [0.05, 0.1) is 17.2 Å². The first-order valence-electron chi connectivity index (χ1n) is 9.97. The highest BCUT2D eigenvalue weighted by Gasteiger charge is 2.40. The SMILES string of the molecule is CC1c2ccc(C(=O)ON3C(=O)c4ccccc4C3=O)n2CCN1C(=O)OC(C)(C)C. The van der Waals surface area contributed by atoms with E-state index >= 15 is 0 Å². The molecule has 0 radical (unpaired) electrons. The van der Waals surface area contributed by atoms with Crippen LogP contribution in [-0.4, -0.2) is 50.6 Å². The van der Waals surface area contributed by atoms with E-state index in [2.05, 4.69) is 0 Å². The molecule has 9 nitrogen and oxygen atoms in total. The number of rotatable bonds is 2. The lowest BCUT2D eigenvalue weighted by atomic mass is 10.1. The summed E-state index contributed by atoms with van der Waals surface area (Å²) in [5.41, 5.74) is 0.698. The van der Waals surface area contributed by atoms with Crippen molar-refractivity contribution in [3.8, 4) is 0 Å². The highest BCUT2D eigenvalue weighted by molar-refractivity contribution is 6.21. The summed E-state index contributed by atoms with van der Waals surface area (Å²) in [5, 5.41) is 0.492. The van der Waals surface area contributed by atoms with E-state index < -0.39 is 29.5 Å². The number of amides is 3. The van der Waals surface area contributed by atoms with Crippen molar-refractivity contribution < 1.29 is 28.8 Å². The van der Waals surface area contributed by atoms with E-state index in [1.165, 1.54) is 12.1 Å². The summed E-state index contributed by atoms with van der Waals surface area (Å²) in [5.74, 6) is -2.17. The molecule has 4 rings (SSSR count). The molecular weight excluding hydrogens is 402 g/mol. The van der Waals surface area contributed by atoms with E-state index in [9.17, 15) is 19.2 Å². The third kappa shape index (κ3) is 3.56. The van der Waals surface area contributed by atoms with Crippen molar-refractivity contribution in [3.63, 3.8) is 0 Å². The summed E-state index contributed by atoms with van der Waals surface area (Å²) >= 11 is 0. The van der Waals surface area contributed by atoms with Gasteiger partial charge in [-0.2, -0.15) is 0 Å². The van der Waals surface area contributed by atoms with Gasteiger partial charge in [-0.1, -0.05) is 17.2 Å². The molecule has 9 heteroatoms. The molecule has 0 spiro atoms. The largest absolute Gasteiger partial charge is 0.444 e. The van der Waals surface area contributed by atoms with E-state index in [1.807, 2.05) is 6.92 Å². The van der Waals surface area contributed by atoms with Crippen molar-refractivity contribution in [1.29, 1.82) is 0 Å². The number of hydroxylamine groups is 2. The fraction of sp³-hybridized carbons (Fsp3) is 0.364. The van der Waals surface area contributed by atoms with E-state index in [-0.39, 0.29) is 22.9 Å². The number of aromatic nitrogens is 1. The number of ether oxygens (including phenoxy) is 1. The van der Waals surface area contributed by atoms with Gasteiger partial charge in [0.2, 0.25) is 0 Å². The second-order valence-corrected chi connectivity index (χ2v) is 8.47. The fourth-order valence-electron chi connectivity index (χ4n) is 3.79. The molecule has 0 saturated carbocycles. The smallest absolute Gasteiger partial charge is 0.410 e. The first-order valence-corrected chi connectivity index (χ1v) is 9.97. The fourth-order valence-corrected chi connectivity index (χ4v) is 3.79. The number of benzene rings is 1. The van der Waals surface area contributed by atoms with Gasteiger partial charge < -0.3 is 14.1 Å². The Morgan fingerprint density at radius 3 is 2.16 bits per heavy atom. The molecule has 1 aromatic carbocycles. The van der Waals surface area contributed by atoms with Crippen LogP contribution in [0.4, 0.5) is 4.79 Å². The van der Waals surface area contributed by atoms with Crippen LogP contribution >= 0.6 is 0 Å². The molecule has 3 heterocycles. The number of carbonyl (C=O) groups excluding carboxylic acids is 4. The monoisotopic (exact) mass is 425 g/mol. The Morgan fingerprint density at radius 2 is 1.58 bits per heavy atom. The molecule has 0 N–H and O–H groups in total. The molecule has 0 bridgehead atoms. The second kappa shape index (κ2) is 7.26. The Kier molecular flexibility index (Phi) is 4.83. The van der Waals surface area contributed by atoms with Crippen molar-refractivity contribution >= 4 is 23.9 Å². The molecule has 2 aliphatic heterocycles. The van der Waals surface area contributed by atoms with Crippen molar-refractivity contribution in [3.05, 3.63) is 58.9 Å². The third-order valence-corrected chi connectivity index (χ3v) is 5.24. The molecule has 2 aliphatic rings. The van der Waals surface area contributed by atoms with E-state index in [0.29, 0.717) is 18.2 Å². The zero-order valence-corrected chi connectivity index (χ0v) is 17.7. The predicted molar refractivity (Wildman–Crippen MR) is 108 cm³/mol. The first-order chi connectivity index (χ1) is 14.6. The zero-order chi connectivity index (χ0) is 22.5. The van der Waals surface area contributed by atoms with Crippen LogP contribution in [0, 0.1) is 0 Å². The first kappa shape index (κ1) is 20.6. The van der Waals surface area contributed by atoms with Gasteiger partial charge in [0.25, 0.3) is 11.8 Å². The third-order valence-electron chi connectivity index (χ3n) is 5.24. The molecular formula is C22H23N3O6. The lowest BCUT2D eigenvalue weighted by molar-refractivity contribution is -0.0593. The molecule has 0 aliphatic carbocycles. The Labute approximate surface area is 179 Å². The van der Waals surface area contributed by atoms with Crippen LogP contribution in [0.3, 0.4) is 0 Å². The summed E-state index contributed by atoms with van der Waals surface area (Å²) in [6.07, 6.45) is -0.428. The van der Waals surface area contributed by atoms with E-state index in [0.717, 1.165) is 5.69 Å². The highest BCUT2D eigenvalue weighted by atomic mass is 16.7. The van der Waals surface area contributed by atoms with Crippen LogP contribution in [0.25, 0.3) is 0 Å². The van der Waals surface area contributed by atoms with Crippen LogP contribution in [-0.2, 0) is 16.1 Å². The lowest BCUT2D eigenvalue weighted by Crippen LogP contribution is -2.44. The van der Waals surface area contributed by atoms with Crippen molar-refractivity contribution in [2.24, 2.45) is 0 Å². The summed E-state index contributed by atoms with van der Waals surface area (Å²) in [7, 11) is 0. The van der Waals surface area contributed by atoms with Crippen molar-refractivity contribution in [1.82, 2.24) is 14.5 Å². The topological polar surface area (TPSA) is 98.1 Å². The van der Waals surface area contributed by atoms with Gasteiger partial charge in [0, 0.05) is 18.8 Å². The molecule has 162 valence electrons. The molecule has 1 atom stereocenters. The number of imide groups is 1. The van der Waals surface area contributed by atoms with E-state index in [1.54, 1.807) is 54.5 Å². The molecule has 1 unspecified atom stereocenters. The lowest BCUT2D eigenvalue weighted by Gasteiger charge is -2.36. The minimum absolute atomic E-state index is 0.194. The maximum atomic E-state index is 12.8. The average Bonchev–Trinajstić information content (AvgIpc) is 3.23. The molecule has 3 amide bonds. The standard InChI is InChI=1S/C22H23N3O6/c1-13-16-9-10-17(24(16)12-11-23(13)21(29)30-22(2,3)4)20(28)31-25-18(26)14-7-5-6-8-15(14)19(25)27/h5-10,13H,11-12H2,1-4H3. The van der Waals surface area contributed by atoms with Crippen LogP contribution in [0.15, 0.2) is 36.4 Å². The summed E-state index contributed by atoms with van der Waals surface area (Å²) in [6.45, 7) is 7.93. The number of fused-ring (bicyclic) bond motifs is 2. The minimum Gasteiger partial charge on any atom is -0.444 e. The Morgan fingerprint density at radius 1 is 0.968 bits per heavy atom. The number of carbonyl (C=O) groups is 4. The van der Waals surface area contributed by atoms with Crippen LogP contribution in [0.2, 0.25) is 0 Å². The van der Waals surface area contributed by atoms with Crippen molar-refractivity contribution in [2.45, 2.75) is 45.9 Å². The van der Waals surface area contributed by atoms with Gasteiger partial charge >= 0.3 is 12.1 Å². The molecule has 2 aromatic rings. The summed E-state index contributed by atoms with van der Waals surface area (Å²) in [4.78, 5) is 57.0. The average molecular weight is 425 g/mol.